The summed E-state index contributed by atoms with van der Waals surface area (Å²) in [6, 6.07) is 25.4. The SMILES string of the molecule is Fc1ccc(OC(=[C-]c2ccccc2)c2ccccc2)cc1.[C-]#[O+].[C-]#[O+].[CH]1C=CC=C1.[Fe]. The molecule has 5 heteroatoms. The molecule has 3 nitrogen and oxygen atoms in total. The quantitative estimate of drug-likeness (QED) is 0.146. The van der Waals surface area contributed by atoms with E-state index in [1.807, 2.05) is 91.4 Å². The molecule has 0 aliphatic heterocycles. The van der Waals surface area contributed by atoms with Gasteiger partial charge in [-0.1, -0.05) is 72.3 Å². The average molecular weight is 466 g/mol. The van der Waals surface area contributed by atoms with Gasteiger partial charge in [-0.25, -0.2) is 4.39 Å². The van der Waals surface area contributed by atoms with E-state index in [1.165, 1.54) is 12.1 Å². The molecule has 4 rings (SSSR count). The minimum Gasteiger partial charge on any atom is -0.0767 e. The van der Waals surface area contributed by atoms with Crippen LogP contribution in [0.4, 0.5) is 4.39 Å². The summed E-state index contributed by atoms with van der Waals surface area (Å²) in [5.74, 6) is 0.881. The Balaban J connectivity index is 0.000000822. The van der Waals surface area contributed by atoms with Crippen LogP contribution in [0.5, 0.6) is 5.75 Å². The van der Waals surface area contributed by atoms with Crippen LogP contribution in [0.25, 0.3) is 5.76 Å². The van der Waals surface area contributed by atoms with Crippen LogP contribution in [-0.2, 0) is 26.4 Å². The van der Waals surface area contributed by atoms with E-state index in [4.69, 9.17) is 14.0 Å². The molecule has 32 heavy (non-hydrogen) atoms. The summed E-state index contributed by atoms with van der Waals surface area (Å²) >= 11 is 0. The van der Waals surface area contributed by atoms with Gasteiger partial charge in [-0.05, 0) is 24.3 Å². The minimum absolute atomic E-state index is 0. The number of rotatable bonds is 4. The van der Waals surface area contributed by atoms with Gasteiger partial charge in [0.1, 0.15) is 11.6 Å². The van der Waals surface area contributed by atoms with Crippen molar-refractivity contribution in [2.45, 2.75) is 0 Å². The molecule has 0 spiro atoms. The average Bonchev–Trinajstić information content (AvgIpc) is 3.44. The maximum absolute atomic E-state index is 13.0. The number of allylic oxidation sites excluding steroid dienone is 4. The molecule has 0 heterocycles. The fourth-order valence-corrected chi connectivity index (χ4v) is 2.34. The third kappa shape index (κ3) is 11.1. The molecule has 1 radical (unpaired) electrons. The standard InChI is InChI=1S/C20H14FO.C5H5.2CO.Fe/c21-18-11-13-19(14-12-18)22-20(17-9-5-2-6-10-17)15-16-7-3-1-4-8-16;1-2-4-5-3-1;2*1-2;/h1-14H;1-5H;;;/q-1;;;;. The Hall–Kier alpha value is -3.39. The third-order valence-electron chi connectivity index (χ3n) is 3.66. The van der Waals surface area contributed by atoms with Crippen LogP contribution in [-0.4, -0.2) is 0 Å². The van der Waals surface area contributed by atoms with Crippen LogP contribution < -0.4 is 4.74 Å². The van der Waals surface area contributed by atoms with Gasteiger partial charge in [0.15, 0.2) is 0 Å². The monoisotopic (exact) mass is 466 g/mol. The summed E-state index contributed by atoms with van der Waals surface area (Å²) in [7, 11) is 0. The van der Waals surface area contributed by atoms with E-state index in [1.54, 1.807) is 12.1 Å². The number of halogens is 1. The predicted molar refractivity (Wildman–Crippen MR) is 116 cm³/mol. The first-order chi connectivity index (χ1) is 15.3. The molecule has 1 aliphatic rings. The van der Waals surface area contributed by atoms with E-state index in [0.29, 0.717) is 11.5 Å². The second-order valence-electron chi connectivity index (χ2n) is 5.70. The zero-order valence-corrected chi connectivity index (χ0v) is 18.0. The van der Waals surface area contributed by atoms with E-state index in [-0.39, 0.29) is 22.9 Å². The first-order valence-corrected chi connectivity index (χ1v) is 9.06. The van der Waals surface area contributed by atoms with Gasteiger partial charge in [0.25, 0.3) is 0 Å². The fourth-order valence-electron chi connectivity index (χ4n) is 2.34. The number of ether oxygens (including phenoxy) is 1. The van der Waals surface area contributed by atoms with Crippen molar-refractivity contribution in [2.75, 3.05) is 0 Å². The molecule has 0 amide bonds. The van der Waals surface area contributed by atoms with Crippen LogP contribution in [0.15, 0.2) is 109 Å². The third-order valence-corrected chi connectivity index (χ3v) is 3.66. The van der Waals surface area contributed by atoms with Crippen LogP contribution in [0, 0.1) is 31.6 Å². The van der Waals surface area contributed by atoms with Crippen molar-refractivity contribution in [3.63, 3.8) is 0 Å². The first-order valence-electron chi connectivity index (χ1n) is 9.06. The largest absolute Gasteiger partial charge is 0.0767 e. The Morgan fingerprint density at radius 1 is 0.688 bits per heavy atom. The van der Waals surface area contributed by atoms with Crippen molar-refractivity contribution in [1.29, 1.82) is 0 Å². The van der Waals surface area contributed by atoms with E-state index in [2.05, 4.69) is 19.4 Å². The number of hydrogen-bond acceptors (Lipinski definition) is 1. The summed E-state index contributed by atoms with van der Waals surface area (Å²) in [5.41, 5.74) is 1.83. The van der Waals surface area contributed by atoms with Gasteiger partial charge in [-0.3, -0.25) is 0 Å². The smallest absolute Gasteiger partial charge is 0.00506 e. The Bertz CT molecular complexity index is 990. The summed E-state index contributed by atoms with van der Waals surface area (Å²) in [4.78, 5) is 0. The molecular formula is C27H19FFeO3-. The summed E-state index contributed by atoms with van der Waals surface area (Å²) in [6.07, 6.45) is 13.3. The summed E-state index contributed by atoms with van der Waals surface area (Å²) < 4.78 is 33.9. The molecule has 0 N–H and O–H groups in total. The fraction of sp³-hybridized carbons (Fsp3) is 0. The van der Waals surface area contributed by atoms with Crippen LogP contribution in [0.2, 0.25) is 0 Å². The molecule has 3 aromatic rings. The normalized spacial score (nSPS) is 10.6. The zero-order chi connectivity index (χ0) is 22.7. The Labute approximate surface area is 198 Å². The van der Waals surface area contributed by atoms with Gasteiger partial charge in [-0.15, -0.1) is 29.8 Å². The molecule has 0 aromatic heterocycles. The van der Waals surface area contributed by atoms with E-state index >= 15 is 0 Å². The summed E-state index contributed by atoms with van der Waals surface area (Å²) in [6.45, 7) is 9.00. The van der Waals surface area contributed by atoms with Crippen molar-refractivity contribution in [2.24, 2.45) is 0 Å². The molecule has 0 unspecified atom stereocenters. The van der Waals surface area contributed by atoms with Crippen molar-refractivity contribution in [3.05, 3.63) is 152 Å². The van der Waals surface area contributed by atoms with Crippen molar-refractivity contribution >= 4 is 5.76 Å². The molecule has 0 saturated carbocycles. The van der Waals surface area contributed by atoms with Gasteiger partial charge >= 0.3 is 22.6 Å². The molecular weight excluding hydrogens is 447 g/mol. The number of hydrogen-bond donors (Lipinski definition) is 0. The number of benzene rings is 3. The van der Waals surface area contributed by atoms with Gasteiger partial charge < -0.3 is 4.74 Å². The molecule has 0 fully saturated rings. The van der Waals surface area contributed by atoms with Gasteiger partial charge in [0.05, 0.1) is 5.76 Å². The van der Waals surface area contributed by atoms with E-state index < -0.39 is 0 Å². The maximum Gasteiger partial charge on any atom is 0.00506 e. The Morgan fingerprint density at radius 3 is 1.66 bits per heavy atom. The van der Waals surface area contributed by atoms with Gasteiger partial charge in [-0.2, -0.15) is 0 Å². The van der Waals surface area contributed by atoms with Crippen LogP contribution in [0.3, 0.4) is 0 Å². The van der Waals surface area contributed by atoms with E-state index in [9.17, 15) is 4.39 Å². The second kappa shape index (κ2) is 18.4. The minimum atomic E-state index is -0.287. The first kappa shape index (κ1) is 28.6. The molecule has 161 valence electrons. The Kier molecular flexibility index (Phi) is 16.4. The molecule has 0 atom stereocenters. The van der Waals surface area contributed by atoms with Crippen LogP contribution in [0.1, 0.15) is 11.1 Å². The van der Waals surface area contributed by atoms with Crippen molar-refractivity contribution in [3.8, 4) is 5.75 Å². The second-order valence-corrected chi connectivity index (χ2v) is 5.70. The predicted octanol–water partition coefficient (Wildman–Crippen LogP) is 6.34. The Morgan fingerprint density at radius 2 is 1.19 bits per heavy atom. The van der Waals surface area contributed by atoms with Crippen LogP contribution >= 0.6 is 0 Å². The molecule has 3 aromatic carbocycles. The van der Waals surface area contributed by atoms with Crippen molar-refractivity contribution in [1.82, 2.24) is 0 Å². The molecule has 0 bridgehead atoms. The van der Waals surface area contributed by atoms with Crippen molar-refractivity contribution < 1.29 is 35.5 Å². The van der Waals surface area contributed by atoms with E-state index in [0.717, 1.165) is 11.1 Å². The molecule has 1 aliphatic carbocycles. The molecule has 0 saturated heterocycles. The maximum atomic E-state index is 13.0. The van der Waals surface area contributed by atoms with Gasteiger partial charge in [0, 0.05) is 23.5 Å². The van der Waals surface area contributed by atoms with Gasteiger partial charge in [0.2, 0.25) is 0 Å². The topological polar surface area (TPSA) is 49.0 Å². The zero-order valence-electron chi connectivity index (χ0n) is 16.9. The summed E-state index contributed by atoms with van der Waals surface area (Å²) in [5, 5.41) is 0.